The quantitative estimate of drug-likeness (QED) is 0.309. The number of nitrogens with zero attached hydrogens (tertiary/aromatic N) is 9. The number of halogens is 3. The molecule has 0 bridgehead atoms. The third kappa shape index (κ3) is 4.10. The van der Waals surface area contributed by atoms with Crippen molar-refractivity contribution in [3.63, 3.8) is 0 Å². The van der Waals surface area contributed by atoms with Crippen molar-refractivity contribution in [1.29, 1.82) is 0 Å². The lowest BCUT2D eigenvalue weighted by Crippen LogP contribution is -2.39. The second-order valence-corrected chi connectivity index (χ2v) is 8.19. The molecule has 184 valence electrons. The molecule has 4 aromatic heterocycles. The number of anilines is 3. The molecule has 0 fully saturated rings. The SMILES string of the molecule is CCc1nn2c3c(cnc2c1N)N(C=O)C[C@]3(C)N(F)F.CNc1cnc(-n2nccn2)c(Cl)c1. The predicted octanol–water partition coefficient (Wildman–Crippen LogP) is 2.49. The van der Waals surface area contributed by atoms with Gasteiger partial charge in [0.1, 0.15) is 11.2 Å². The van der Waals surface area contributed by atoms with Crippen LogP contribution in [0.2, 0.25) is 5.02 Å². The number of fused-ring (bicyclic) bond motifs is 3. The first-order chi connectivity index (χ1) is 16.7. The second kappa shape index (κ2) is 9.38. The molecular weight excluding hydrogens is 484 g/mol. The van der Waals surface area contributed by atoms with Gasteiger partial charge in [-0.25, -0.2) is 14.5 Å². The summed E-state index contributed by atoms with van der Waals surface area (Å²) in [7, 11) is 1.80. The largest absolute Gasteiger partial charge is 0.394 e. The van der Waals surface area contributed by atoms with Gasteiger partial charge < -0.3 is 16.0 Å². The molecule has 0 spiro atoms. The first kappa shape index (κ1) is 24.2. The van der Waals surface area contributed by atoms with Gasteiger partial charge in [-0.3, -0.25) is 4.79 Å². The maximum Gasteiger partial charge on any atom is 0.214 e. The molecule has 15 heteroatoms. The Hall–Kier alpha value is -3.91. The van der Waals surface area contributed by atoms with Gasteiger partial charge in [-0.1, -0.05) is 18.5 Å². The summed E-state index contributed by atoms with van der Waals surface area (Å²) in [5.74, 6) is 0.524. The van der Waals surface area contributed by atoms with Crippen molar-refractivity contribution < 1.29 is 13.8 Å². The van der Waals surface area contributed by atoms with Crippen molar-refractivity contribution in [3.05, 3.63) is 47.3 Å². The van der Waals surface area contributed by atoms with Crippen LogP contribution >= 0.6 is 11.6 Å². The molecule has 1 amide bonds. The molecule has 0 saturated heterocycles. The number of hydrogen-bond acceptors (Lipinski definition) is 9. The van der Waals surface area contributed by atoms with E-state index in [1.165, 1.54) is 27.3 Å². The average molecular weight is 506 g/mol. The van der Waals surface area contributed by atoms with Crippen molar-refractivity contribution in [2.45, 2.75) is 25.8 Å². The molecular formula is C20H22ClF2N11O. The summed E-state index contributed by atoms with van der Waals surface area (Å²) < 4.78 is 28.2. The Balaban J connectivity index is 0.000000179. The molecule has 0 aliphatic carbocycles. The van der Waals surface area contributed by atoms with Gasteiger partial charge in [0.2, 0.25) is 6.41 Å². The predicted molar refractivity (Wildman–Crippen MR) is 125 cm³/mol. The standard InChI is InChI=1S/C12H14F2N6O.C8H8ClN5/c1-3-7-9(15)11-16-4-8-10(19(11)17-7)12(2,20(13)14)5-18(8)6-21;1-10-6-4-7(9)8(11-5-6)14-12-2-3-13-14/h4,6H,3,5,15H2,1-2H3;2-5,10H,1H3/t12-;/m0./s1. The molecule has 0 aromatic carbocycles. The Bertz CT molecular complexity index is 1360. The lowest BCUT2D eigenvalue weighted by molar-refractivity contribution is -0.226. The number of nitrogens with two attached hydrogens (primary N) is 1. The van der Waals surface area contributed by atoms with E-state index in [-0.39, 0.29) is 12.2 Å². The fraction of sp³-hybridized carbons (Fsp3) is 0.300. The van der Waals surface area contributed by atoms with Crippen molar-refractivity contribution in [3.8, 4) is 5.82 Å². The van der Waals surface area contributed by atoms with Crippen molar-refractivity contribution in [2.24, 2.45) is 0 Å². The molecule has 12 nitrogen and oxygen atoms in total. The molecule has 0 radical (unpaired) electrons. The van der Waals surface area contributed by atoms with E-state index in [9.17, 15) is 13.8 Å². The van der Waals surface area contributed by atoms with E-state index in [2.05, 4.69) is 30.6 Å². The Kier molecular flexibility index (Phi) is 6.49. The van der Waals surface area contributed by atoms with Crippen LogP contribution in [0.15, 0.2) is 30.9 Å². The van der Waals surface area contributed by atoms with E-state index in [0.717, 1.165) is 5.69 Å². The number of aromatic nitrogens is 7. The zero-order chi connectivity index (χ0) is 25.3. The topological polar surface area (TPSA) is 135 Å². The van der Waals surface area contributed by atoms with Crippen LogP contribution in [0.3, 0.4) is 0 Å². The van der Waals surface area contributed by atoms with E-state index in [1.54, 1.807) is 31.7 Å². The molecule has 35 heavy (non-hydrogen) atoms. The number of hydrogen-bond donors (Lipinski definition) is 2. The number of nitrogens with one attached hydrogen (secondary N) is 1. The van der Waals surface area contributed by atoms with Crippen LogP contribution in [0, 0.1) is 0 Å². The first-order valence-electron chi connectivity index (χ1n) is 10.4. The Morgan fingerprint density at radius 2 is 2.00 bits per heavy atom. The number of nitrogen functional groups attached to an aromatic ring is 1. The minimum atomic E-state index is -1.67. The monoisotopic (exact) mass is 505 g/mol. The Labute approximate surface area is 203 Å². The van der Waals surface area contributed by atoms with Crippen LogP contribution in [-0.2, 0) is 16.8 Å². The van der Waals surface area contributed by atoms with E-state index < -0.39 is 10.9 Å². The van der Waals surface area contributed by atoms with Crippen LogP contribution in [0.4, 0.5) is 26.0 Å². The number of rotatable bonds is 5. The summed E-state index contributed by atoms with van der Waals surface area (Å²) in [6.07, 6.45) is 7.27. The van der Waals surface area contributed by atoms with Gasteiger partial charge in [0.15, 0.2) is 11.5 Å². The Morgan fingerprint density at radius 3 is 2.57 bits per heavy atom. The number of carbonyl (C=O) groups excluding carboxylic acids is 1. The molecule has 0 saturated carbocycles. The summed E-state index contributed by atoms with van der Waals surface area (Å²) in [4.78, 5) is 22.0. The van der Waals surface area contributed by atoms with E-state index >= 15 is 0 Å². The zero-order valence-electron chi connectivity index (χ0n) is 19.0. The summed E-state index contributed by atoms with van der Waals surface area (Å²) in [5, 5.41) is 14.7. The van der Waals surface area contributed by atoms with Crippen LogP contribution in [-0.4, -0.2) is 59.9 Å². The fourth-order valence-electron chi connectivity index (χ4n) is 3.77. The molecule has 5 heterocycles. The normalized spacial score (nSPS) is 16.8. The maximum atomic E-state index is 13.4. The lowest BCUT2D eigenvalue weighted by atomic mass is 10.0. The number of amides is 1. The summed E-state index contributed by atoms with van der Waals surface area (Å²) in [6.45, 7) is 3.03. The molecule has 5 rings (SSSR count). The third-order valence-electron chi connectivity index (χ3n) is 5.59. The molecule has 1 atom stereocenters. The molecule has 1 aliphatic rings. The minimum absolute atomic E-state index is 0.180. The first-order valence-corrected chi connectivity index (χ1v) is 10.8. The lowest BCUT2D eigenvalue weighted by Gasteiger charge is -2.24. The summed E-state index contributed by atoms with van der Waals surface area (Å²) >= 11 is 6.00. The van der Waals surface area contributed by atoms with Gasteiger partial charge in [0, 0.05) is 12.4 Å². The number of carbonyl (C=O) groups is 1. The fourth-order valence-corrected chi connectivity index (χ4v) is 4.01. The van der Waals surface area contributed by atoms with Crippen LogP contribution in [0.5, 0.6) is 0 Å². The molecule has 1 aliphatic heterocycles. The Morgan fingerprint density at radius 1 is 1.29 bits per heavy atom. The van der Waals surface area contributed by atoms with Crippen molar-refractivity contribution >= 4 is 40.7 Å². The minimum Gasteiger partial charge on any atom is -0.394 e. The van der Waals surface area contributed by atoms with Crippen LogP contribution < -0.4 is 16.0 Å². The van der Waals surface area contributed by atoms with E-state index in [0.29, 0.717) is 46.4 Å². The number of aryl methyl sites for hydroxylation is 1. The van der Waals surface area contributed by atoms with Gasteiger partial charge in [0.25, 0.3) is 0 Å². The highest BCUT2D eigenvalue weighted by Crippen LogP contribution is 2.43. The highest BCUT2D eigenvalue weighted by molar-refractivity contribution is 6.32. The summed E-state index contributed by atoms with van der Waals surface area (Å²) in [6, 6.07) is 1.77. The smallest absolute Gasteiger partial charge is 0.214 e. The van der Waals surface area contributed by atoms with Crippen molar-refractivity contribution in [1.82, 2.24) is 39.9 Å². The van der Waals surface area contributed by atoms with Crippen molar-refractivity contribution in [2.75, 3.05) is 29.5 Å². The molecule has 3 N–H and O–H groups in total. The maximum absolute atomic E-state index is 13.4. The van der Waals surface area contributed by atoms with Crippen LogP contribution in [0.25, 0.3) is 11.5 Å². The highest BCUT2D eigenvalue weighted by Gasteiger charge is 2.48. The van der Waals surface area contributed by atoms with E-state index in [1.807, 2.05) is 6.92 Å². The van der Waals surface area contributed by atoms with Gasteiger partial charge >= 0.3 is 0 Å². The van der Waals surface area contributed by atoms with Gasteiger partial charge in [-0.2, -0.15) is 15.3 Å². The van der Waals surface area contributed by atoms with Gasteiger partial charge in [-0.15, -0.1) is 13.8 Å². The zero-order valence-corrected chi connectivity index (χ0v) is 19.8. The molecule has 4 aromatic rings. The number of pyridine rings is 1. The third-order valence-corrected chi connectivity index (χ3v) is 5.87. The summed E-state index contributed by atoms with van der Waals surface area (Å²) in [5.41, 5.74) is 6.93. The second-order valence-electron chi connectivity index (χ2n) is 7.78. The van der Waals surface area contributed by atoms with Gasteiger partial charge in [0.05, 0.1) is 59.1 Å². The highest BCUT2D eigenvalue weighted by atomic mass is 35.5. The average Bonchev–Trinajstić information content (AvgIpc) is 3.57. The van der Waals surface area contributed by atoms with Gasteiger partial charge in [-0.05, 0) is 19.4 Å². The van der Waals surface area contributed by atoms with Crippen LogP contribution in [0.1, 0.15) is 25.2 Å². The molecule has 0 unspecified atom stereocenters. The van der Waals surface area contributed by atoms with E-state index in [4.69, 9.17) is 17.3 Å².